The predicted octanol–water partition coefficient (Wildman–Crippen LogP) is 3.63. The highest BCUT2D eigenvalue weighted by atomic mass is 35.5. The van der Waals surface area contributed by atoms with E-state index in [4.69, 9.17) is 11.6 Å². The fourth-order valence-corrected chi connectivity index (χ4v) is 2.18. The number of carbonyl (C=O) groups excluding carboxylic acids is 2. The Morgan fingerprint density at radius 2 is 1.87 bits per heavy atom. The number of rotatable bonds is 5. The van der Waals surface area contributed by atoms with Gasteiger partial charge in [-0.25, -0.2) is 4.39 Å². The molecular weight excluding hydrogens is 319 g/mol. The van der Waals surface area contributed by atoms with E-state index in [0.29, 0.717) is 5.56 Å². The van der Waals surface area contributed by atoms with Crippen LogP contribution < -0.4 is 10.6 Å². The van der Waals surface area contributed by atoms with Crippen molar-refractivity contribution in [2.24, 2.45) is 0 Å². The summed E-state index contributed by atoms with van der Waals surface area (Å²) in [6.07, 6.45) is 0.0284. The first-order chi connectivity index (χ1) is 11.0. The molecule has 2 N–H and O–H groups in total. The molecule has 0 aliphatic heterocycles. The lowest BCUT2D eigenvalue weighted by Gasteiger charge is -2.14. The van der Waals surface area contributed by atoms with Gasteiger partial charge in [-0.3, -0.25) is 9.59 Å². The van der Waals surface area contributed by atoms with Crippen LogP contribution in [0, 0.1) is 5.82 Å². The van der Waals surface area contributed by atoms with E-state index in [2.05, 4.69) is 10.6 Å². The molecule has 6 heteroatoms. The van der Waals surface area contributed by atoms with Gasteiger partial charge in [-0.1, -0.05) is 29.8 Å². The predicted molar refractivity (Wildman–Crippen MR) is 88.0 cm³/mol. The van der Waals surface area contributed by atoms with Gasteiger partial charge >= 0.3 is 0 Å². The van der Waals surface area contributed by atoms with Crippen molar-refractivity contribution in [2.45, 2.75) is 19.4 Å². The zero-order chi connectivity index (χ0) is 16.8. The van der Waals surface area contributed by atoms with Crippen LogP contribution in [-0.2, 0) is 4.79 Å². The second kappa shape index (κ2) is 7.74. The lowest BCUT2D eigenvalue weighted by atomic mass is 10.1. The van der Waals surface area contributed by atoms with Gasteiger partial charge in [0.15, 0.2) is 0 Å². The third-order valence-corrected chi connectivity index (χ3v) is 3.35. The van der Waals surface area contributed by atoms with Gasteiger partial charge in [-0.15, -0.1) is 0 Å². The van der Waals surface area contributed by atoms with Gasteiger partial charge in [-0.2, -0.15) is 0 Å². The van der Waals surface area contributed by atoms with Crippen LogP contribution in [0.4, 0.5) is 10.1 Å². The van der Waals surface area contributed by atoms with Crippen molar-refractivity contribution in [3.05, 3.63) is 64.9 Å². The molecule has 0 radical (unpaired) electrons. The van der Waals surface area contributed by atoms with Crippen LogP contribution >= 0.6 is 11.6 Å². The minimum Gasteiger partial charge on any atom is -0.349 e. The topological polar surface area (TPSA) is 58.2 Å². The second-order valence-electron chi connectivity index (χ2n) is 5.12. The molecule has 120 valence electrons. The Bertz CT molecular complexity index is 707. The third-order valence-electron chi connectivity index (χ3n) is 3.11. The average molecular weight is 335 g/mol. The third kappa shape index (κ3) is 5.07. The Hall–Kier alpha value is -2.40. The highest BCUT2D eigenvalue weighted by Crippen LogP contribution is 2.19. The van der Waals surface area contributed by atoms with Crippen LogP contribution in [0.1, 0.15) is 23.7 Å². The SMILES string of the molecule is CC(CC(=O)Nc1ccc(Cl)cc1F)NC(=O)c1ccccc1. The molecule has 0 saturated heterocycles. The fraction of sp³-hybridized carbons (Fsp3) is 0.176. The normalized spacial score (nSPS) is 11.6. The Morgan fingerprint density at radius 1 is 1.17 bits per heavy atom. The Labute approximate surface area is 138 Å². The van der Waals surface area contributed by atoms with Crippen LogP contribution in [0.5, 0.6) is 0 Å². The van der Waals surface area contributed by atoms with Crippen LogP contribution in [0.15, 0.2) is 48.5 Å². The van der Waals surface area contributed by atoms with Crippen molar-refractivity contribution in [2.75, 3.05) is 5.32 Å². The second-order valence-corrected chi connectivity index (χ2v) is 5.55. The quantitative estimate of drug-likeness (QED) is 0.877. The smallest absolute Gasteiger partial charge is 0.251 e. The van der Waals surface area contributed by atoms with E-state index in [0.717, 1.165) is 6.07 Å². The van der Waals surface area contributed by atoms with Crippen LogP contribution in [0.3, 0.4) is 0 Å². The number of benzene rings is 2. The summed E-state index contributed by atoms with van der Waals surface area (Å²) in [5.41, 5.74) is 0.574. The van der Waals surface area contributed by atoms with Crippen LogP contribution in [0.25, 0.3) is 0 Å². The number of nitrogens with one attached hydrogen (secondary N) is 2. The zero-order valence-corrected chi connectivity index (χ0v) is 13.2. The highest BCUT2D eigenvalue weighted by molar-refractivity contribution is 6.30. The van der Waals surface area contributed by atoms with Crippen molar-refractivity contribution in [3.8, 4) is 0 Å². The summed E-state index contributed by atoms with van der Waals surface area (Å²) in [4.78, 5) is 23.9. The van der Waals surface area contributed by atoms with E-state index in [1.807, 2.05) is 6.07 Å². The van der Waals surface area contributed by atoms with Crippen LogP contribution in [0.2, 0.25) is 5.02 Å². The van der Waals surface area contributed by atoms with E-state index in [-0.39, 0.29) is 23.0 Å². The molecule has 0 saturated carbocycles. The molecule has 2 rings (SSSR count). The van der Waals surface area contributed by atoms with Gasteiger partial charge in [0.1, 0.15) is 5.82 Å². The van der Waals surface area contributed by atoms with Gasteiger partial charge in [0, 0.05) is 23.0 Å². The summed E-state index contributed by atoms with van der Waals surface area (Å²) in [5, 5.41) is 5.43. The molecule has 0 fully saturated rings. The van der Waals surface area contributed by atoms with Gasteiger partial charge < -0.3 is 10.6 Å². The average Bonchev–Trinajstić information content (AvgIpc) is 2.50. The van der Waals surface area contributed by atoms with E-state index in [1.165, 1.54) is 12.1 Å². The summed E-state index contributed by atoms with van der Waals surface area (Å²) >= 11 is 5.65. The maximum Gasteiger partial charge on any atom is 0.251 e. The molecule has 2 amide bonds. The molecule has 0 heterocycles. The molecular formula is C17H16ClFN2O2. The van der Waals surface area contributed by atoms with E-state index >= 15 is 0 Å². The summed E-state index contributed by atoms with van der Waals surface area (Å²) in [6, 6.07) is 12.3. The van der Waals surface area contributed by atoms with Crippen LogP contribution in [-0.4, -0.2) is 17.9 Å². The molecule has 1 unspecified atom stereocenters. The molecule has 0 spiro atoms. The Morgan fingerprint density at radius 3 is 2.52 bits per heavy atom. The lowest BCUT2D eigenvalue weighted by Crippen LogP contribution is -2.35. The molecule has 2 aromatic rings. The highest BCUT2D eigenvalue weighted by Gasteiger charge is 2.14. The molecule has 0 aliphatic rings. The first-order valence-corrected chi connectivity index (χ1v) is 7.44. The molecule has 0 bridgehead atoms. The molecule has 0 aliphatic carbocycles. The number of hydrogen-bond donors (Lipinski definition) is 2. The van der Waals surface area contributed by atoms with E-state index in [1.54, 1.807) is 31.2 Å². The maximum absolute atomic E-state index is 13.6. The molecule has 1 atom stereocenters. The Kier molecular flexibility index (Phi) is 5.71. The van der Waals surface area contributed by atoms with Gasteiger partial charge in [0.25, 0.3) is 5.91 Å². The summed E-state index contributed by atoms with van der Waals surface area (Å²) in [5.74, 6) is -1.26. The minimum atomic E-state index is -0.605. The van der Waals surface area contributed by atoms with Gasteiger partial charge in [0.2, 0.25) is 5.91 Å². The van der Waals surface area contributed by atoms with E-state index < -0.39 is 17.8 Å². The van der Waals surface area contributed by atoms with Crippen molar-refractivity contribution in [1.29, 1.82) is 0 Å². The summed E-state index contributed by atoms with van der Waals surface area (Å²) in [6.45, 7) is 1.71. The molecule has 2 aromatic carbocycles. The lowest BCUT2D eigenvalue weighted by molar-refractivity contribution is -0.116. The molecule has 0 aromatic heterocycles. The van der Waals surface area contributed by atoms with Gasteiger partial charge in [-0.05, 0) is 37.3 Å². The summed E-state index contributed by atoms with van der Waals surface area (Å²) < 4.78 is 13.6. The first-order valence-electron chi connectivity index (χ1n) is 7.06. The number of carbonyl (C=O) groups is 2. The molecule has 23 heavy (non-hydrogen) atoms. The van der Waals surface area contributed by atoms with Crippen molar-refractivity contribution < 1.29 is 14.0 Å². The first kappa shape index (κ1) is 17.0. The van der Waals surface area contributed by atoms with Gasteiger partial charge in [0.05, 0.1) is 5.69 Å². The number of hydrogen-bond acceptors (Lipinski definition) is 2. The Balaban J connectivity index is 1.88. The zero-order valence-electron chi connectivity index (χ0n) is 12.5. The number of anilines is 1. The van der Waals surface area contributed by atoms with Crippen molar-refractivity contribution >= 4 is 29.1 Å². The maximum atomic E-state index is 13.6. The summed E-state index contributed by atoms with van der Waals surface area (Å²) in [7, 11) is 0. The number of halogens is 2. The largest absolute Gasteiger partial charge is 0.349 e. The van der Waals surface area contributed by atoms with E-state index in [9.17, 15) is 14.0 Å². The van der Waals surface area contributed by atoms with Crippen molar-refractivity contribution in [1.82, 2.24) is 5.32 Å². The minimum absolute atomic E-state index is 0.0284. The molecule has 4 nitrogen and oxygen atoms in total. The number of amides is 2. The fourth-order valence-electron chi connectivity index (χ4n) is 2.02. The monoisotopic (exact) mass is 334 g/mol. The van der Waals surface area contributed by atoms with Crippen molar-refractivity contribution in [3.63, 3.8) is 0 Å². The standard InChI is InChI=1S/C17H16ClFN2O2/c1-11(20-17(23)12-5-3-2-4-6-12)9-16(22)21-15-8-7-13(18)10-14(15)19/h2-8,10-11H,9H2,1H3,(H,20,23)(H,21,22).